The molecule has 1 N–H and O–H groups in total. The molecular formula is C11H13NO2. The summed E-state index contributed by atoms with van der Waals surface area (Å²) in [6.45, 7) is 3.23. The molecule has 0 bridgehead atoms. The molecule has 0 aliphatic carbocycles. The van der Waals surface area contributed by atoms with Crippen LogP contribution >= 0.6 is 0 Å². The van der Waals surface area contributed by atoms with Crippen molar-refractivity contribution < 1.29 is 9.90 Å². The fraction of sp³-hybridized carbons (Fsp3) is 0.364. The van der Waals surface area contributed by atoms with Gasteiger partial charge in [0.15, 0.2) is 0 Å². The van der Waals surface area contributed by atoms with E-state index in [4.69, 9.17) is 5.11 Å². The molecule has 3 nitrogen and oxygen atoms in total. The second-order valence-electron chi connectivity index (χ2n) is 3.67. The normalized spacial score (nSPS) is 15.1. The van der Waals surface area contributed by atoms with Gasteiger partial charge in [0.05, 0.1) is 0 Å². The number of benzene rings is 1. The van der Waals surface area contributed by atoms with Crippen LogP contribution in [0.5, 0.6) is 0 Å². The predicted octanol–water partition coefficient (Wildman–Crippen LogP) is 2.03. The molecule has 1 aromatic carbocycles. The molecule has 3 heteroatoms. The average Bonchev–Trinajstić information content (AvgIpc) is 2.17. The van der Waals surface area contributed by atoms with Crippen LogP contribution in [0.1, 0.15) is 16.7 Å². The Morgan fingerprint density at radius 1 is 1.50 bits per heavy atom. The summed E-state index contributed by atoms with van der Waals surface area (Å²) < 4.78 is 0. The first-order chi connectivity index (χ1) is 6.68. The molecular weight excluding hydrogens is 178 g/mol. The lowest BCUT2D eigenvalue weighted by atomic mass is 9.96. The number of hydrogen-bond acceptors (Lipinski definition) is 1. The number of carboxylic acid groups (broad SMARTS) is 1. The molecule has 14 heavy (non-hydrogen) atoms. The third kappa shape index (κ3) is 1.45. The molecule has 0 saturated carbocycles. The van der Waals surface area contributed by atoms with Crippen LogP contribution in [0.4, 0.5) is 4.79 Å². The number of aryl methyl sites for hydroxylation is 1. The van der Waals surface area contributed by atoms with Crippen molar-refractivity contribution in [3.63, 3.8) is 0 Å². The second kappa shape index (κ2) is 3.33. The predicted molar refractivity (Wildman–Crippen MR) is 53.3 cm³/mol. The molecule has 0 fully saturated rings. The Labute approximate surface area is 83.0 Å². The van der Waals surface area contributed by atoms with E-state index < -0.39 is 6.09 Å². The van der Waals surface area contributed by atoms with Gasteiger partial charge >= 0.3 is 6.09 Å². The van der Waals surface area contributed by atoms with Crippen molar-refractivity contribution in [2.24, 2.45) is 0 Å². The maximum Gasteiger partial charge on any atom is 0.407 e. The smallest absolute Gasteiger partial charge is 0.407 e. The summed E-state index contributed by atoms with van der Waals surface area (Å²) in [6, 6.07) is 6.08. The van der Waals surface area contributed by atoms with Gasteiger partial charge in [-0.15, -0.1) is 0 Å². The zero-order chi connectivity index (χ0) is 10.1. The quantitative estimate of drug-likeness (QED) is 0.681. The van der Waals surface area contributed by atoms with Gasteiger partial charge in [0, 0.05) is 13.1 Å². The van der Waals surface area contributed by atoms with Gasteiger partial charge in [-0.25, -0.2) is 4.79 Å². The van der Waals surface area contributed by atoms with Gasteiger partial charge in [0.2, 0.25) is 0 Å². The van der Waals surface area contributed by atoms with E-state index in [0.717, 1.165) is 12.0 Å². The summed E-state index contributed by atoms with van der Waals surface area (Å²) in [5.74, 6) is 0. The highest BCUT2D eigenvalue weighted by Gasteiger charge is 2.20. The van der Waals surface area contributed by atoms with E-state index in [1.54, 1.807) is 0 Å². The molecule has 1 amide bonds. The Hall–Kier alpha value is -1.51. The molecule has 0 spiro atoms. The molecule has 0 saturated heterocycles. The van der Waals surface area contributed by atoms with Crippen LogP contribution < -0.4 is 0 Å². The Kier molecular flexibility index (Phi) is 2.15. The molecule has 2 rings (SSSR count). The van der Waals surface area contributed by atoms with Crippen molar-refractivity contribution in [1.82, 2.24) is 4.90 Å². The minimum absolute atomic E-state index is 0.534. The molecule has 0 radical (unpaired) electrons. The number of rotatable bonds is 0. The van der Waals surface area contributed by atoms with Gasteiger partial charge in [0.25, 0.3) is 0 Å². The first-order valence-electron chi connectivity index (χ1n) is 4.73. The Bertz CT molecular complexity index is 374. The average molecular weight is 191 g/mol. The third-order valence-corrected chi connectivity index (χ3v) is 2.77. The maximum atomic E-state index is 10.8. The molecule has 0 unspecified atom stereocenters. The van der Waals surface area contributed by atoms with Gasteiger partial charge in [-0.2, -0.15) is 0 Å². The summed E-state index contributed by atoms with van der Waals surface area (Å²) in [4.78, 5) is 12.2. The summed E-state index contributed by atoms with van der Waals surface area (Å²) >= 11 is 0. The van der Waals surface area contributed by atoms with Gasteiger partial charge < -0.3 is 10.0 Å². The van der Waals surface area contributed by atoms with E-state index >= 15 is 0 Å². The molecule has 1 aliphatic heterocycles. The Balaban J connectivity index is 2.31. The standard InChI is InChI=1S/C11H13NO2/c1-8-3-2-4-9-7-12(11(13)14)6-5-10(8)9/h2-4H,5-7H2,1H3,(H,13,14). The highest BCUT2D eigenvalue weighted by molar-refractivity contribution is 5.65. The van der Waals surface area contributed by atoms with E-state index in [0.29, 0.717) is 13.1 Å². The van der Waals surface area contributed by atoms with Crippen LogP contribution in [0.25, 0.3) is 0 Å². The van der Waals surface area contributed by atoms with Crippen molar-refractivity contribution in [2.45, 2.75) is 19.9 Å². The number of hydrogen-bond donors (Lipinski definition) is 1. The van der Waals surface area contributed by atoms with Crippen molar-refractivity contribution in [1.29, 1.82) is 0 Å². The third-order valence-electron chi connectivity index (χ3n) is 2.77. The summed E-state index contributed by atoms with van der Waals surface area (Å²) in [5.41, 5.74) is 3.75. The zero-order valence-electron chi connectivity index (χ0n) is 8.16. The van der Waals surface area contributed by atoms with Crippen LogP contribution in [0.2, 0.25) is 0 Å². The van der Waals surface area contributed by atoms with E-state index in [1.807, 2.05) is 12.1 Å². The van der Waals surface area contributed by atoms with Crippen molar-refractivity contribution in [2.75, 3.05) is 6.54 Å². The van der Waals surface area contributed by atoms with E-state index in [2.05, 4.69) is 13.0 Å². The van der Waals surface area contributed by atoms with E-state index in [9.17, 15) is 4.79 Å². The van der Waals surface area contributed by atoms with Gasteiger partial charge in [-0.05, 0) is 30.0 Å². The van der Waals surface area contributed by atoms with E-state index in [1.165, 1.54) is 16.0 Å². The lowest BCUT2D eigenvalue weighted by Gasteiger charge is -2.27. The molecule has 1 heterocycles. The summed E-state index contributed by atoms with van der Waals surface area (Å²) in [6.07, 6.45) is 0.0195. The van der Waals surface area contributed by atoms with Crippen molar-refractivity contribution in [3.05, 3.63) is 34.9 Å². The number of nitrogens with zero attached hydrogens (tertiary/aromatic N) is 1. The Morgan fingerprint density at radius 2 is 2.29 bits per heavy atom. The number of amides is 1. The lowest BCUT2D eigenvalue weighted by molar-refractivity contribution is 0.140. The highest BCUT2D eigenvalue weighted by Crippen LogP contribution is 2.21. The van der Waals surface area contributed by atoms with Crippen molar-refractivity contribution >= 4 is 6.09 Å². The van der Waals surface area contributed by atoms with Gasteiger partial charge in [0.1, 0.15) is 0 Å². The molecule has 1 aliphatic rings. The summed E-state index contributed by atoms with van der Waals surface area (Å²) in [7, 11) is 0. The van der Waals surface area contributed by atoms with Crippen LogP contribution in [0, 0.1) is 6.92 Å². The lowest BCUT2D eigenvalue weighted by Crippen LogP contribution is -2.34. The molecule has 0 aromatic heterocycles. The fourth-order valence-corrected chi connectivity index (χ4v) is 1.96. The van der Waals surface area contributed by atoms with Crippen molar-refractivity contribution in [3.8, 4) is 0 Å². The van der Waals surface area contributed by atoms with Crippen LogP contribution in [0.3, 0.4) is 0 Å². The Morgan fingerprint density at radius 3 is 3.00 bits per heavy atom. The fourth-order valence-electron chi connectivity index (χ4n) is 1.96. The molecule has 74 valence electrons. The zero-order valence-corrected chi connectivity index (χ0v) is 8.16. The van der Waals surface area contributed by atoms with Crippen LogP contribution in [0.15, 0.2) is 18.2 Å². The topological polar surface area (TPSA) is 40.5 Å². The summed E-state index contributed by atoms with van der Waals surface area (Å²) in [5, 5.41) is 8.86. The first kappa shape index (κ1) is 9.06. The van der Waals surface area contributed by atoms with Crippen LogP contribution in [-0.4, -0.2) is 22.6 Å². The van der Waals surface area contributed by atoms with E-state index in [-0.39, 0.29) is 0 Å². The largest absolute Gasteiger partial charge is 0.465 e. The molecule has 0 atom stereocenters. The SMILES string of the molecule is Cc1cccc2c1CCN(C(=O)O)C2. The minimum Gasteiger partial charge on any atom is -0.465 e. The highest BCUT2D eigenvalue weighted by atomic mass is 16.4. The van der Waals surface area contributed by atoms with Gasteiger partial charge in [-0.3, -0.25) is 0 Å². The number of carbonyl (C=O) groups is 1. The van der Waals surface area contributed by atoms with Gasteiger partial charge in [-0.1, -0.05) is 18.2 Å². The number of fused-ring (bicyclic) bond motifs is 1. The molecule has 1 aromatic rings. The minimum atomic E-state index is -0.822. The first-order valence-corrected chi connectivity index (χ1v) is 4.73. The monoisotopic (exact) mass is 191 g/mol. The second-order valence-corrected chi connectivity index (χ2v) is 3.67. The maximum absolute atomic E-state index is 10.8. The van der Waals surface area contributed by atoms with Crippen LogP contribution in [-0.2, 0) is 13.0 Å².